The van der Waals surface area contributed by atoms with Crippen molar-refractivity contribution in [3.8, 4) is 0 Å². The maximum Gasteiger partial charge on any atom is 0.320 e. The second-order valence-corrected chi connectivity index (χ2v) is 18.6. The zero-order chi connectivity index (χ0) is 55.9. The Bertz CT molecular complexity index is 1030. The van der Waals surface area contributed by atoms with Crippen molar-refractivity contribution >= 4 is 35.8 Å². The molecule has 0 bridgehead atoms. The maximum absolute atomic E-state index is 10.2. The molecule has 0 rings (SSSR count). The number of carboxylic acids is 6. The molecule has 18 N–H and O–H groups in total. The minimum Gasteiger partial charge on any atom is -0.481 e. The number of carbonyl (C=O) groups is 6. The number of hydrogen-bond acceptors (Lipinski definition) is 12. The molecule has 0 heterocycles. The van der Waals surface area contributed by atoms with E-state index in [1.165, 1.54) is 135 Å². The summed E-state index contributed by atoms with van der Waals surface area (Å²) in [5.41, 5.74) is 31.3. The molecule has 3 atom stereocenters. The lowest BCUT2D eigenvalue weighted by Crippen LogP contribution is -2.29. The molecule has 0 saturated carbocycles. The normalized spacial score (nSPS) is 11.5. The molecule has 0 aromatic rings. The van der Waals surface area contributed by atoms with Gasteiger partial charge in [0.25, 0.3) is 0 Å². The Morgan fingerprint density at radius 2 is 0.444 bits per heavy atom. The zero-order valence-corrected chi connectivity index (χ0v) is 46.0. The van der Waals surface area contributed by atoms with E-state index < -0.39 is 53.9 Å². The molecule has 0 amide bonds. The lowest BCUT2D eigenvalue weighted by molar-refractivity contribution is -0.139. The fourth-order valence-electron chi connectivity index (χ4n) is 6.66. The van der Waals surface area contributed by atoms with Crippen molar-refractivity contribution in [2.45, 2.75) is 289 Å². The van der Waals surface area contributed by atoms with Gasteiger partial charge in [0.15, 0.2) is 0 Å². The molecule has 0 aliphatic rings. The highest BCUT2D eigenvalue weighted by Gasteiger charge is 2.11. The summed E-state index contributed by atoms with van der Waals surface area (Å²) in [7, 11) is 0. The highest BCUT2D eigenvalue weighted by molar-refractivity contribution is 5.73. The first-order valence-electron chi connectivity index (χ1n) is 28.1. The van der Waals surface area contributed by atoms with Crippen molar-refractivity contribution in [1.29, 1.82) is 0 Å². The summed E-state index contributed by atoms with van der Waals surface area (Å²) in [4.78, 5) is 61.0. The van der Waals surface area contributed by atoms with Crippen molar-refractivity contribution in [3.05, 3.63) is 0 Å². The van der Waals surface area contributed by atoms with Crippen molar-refractivity contribution in [2.24, 2.45) is 34.4 Å². The Morgan fingerprint density at radius 1 is 0.278 bits per heavy atom. The lowest BCUT2D eigenvalue weighted by atomic mass is 10.1. The van der Waals surface area contributed by atoms with E-state index in [4.69, 9.17) is 65.0 Å². The van der Waals surface area contributed by atoms with Gasteiger partial charge in [0.1, 0.15) is 18.1 Å². The summed E-state index contributed by atoms with van der Waals surface area (Å²) in [5, 5.41) is 50.2. The Balaban J connectivity index is -0.000000183. The predicted octanol–water partition coefficient (Wildman–Crippen LogP) is 10.6. The number of nitrogens with two attached hydrogens (primary N) is 6. The number of rotatable bonds is 45. The Hall–Kier alpha value is -3.42. The van der Waals surface area contributed by atoms with Crippen molar-refractivity contribution in [1.82, 2.24) is 0 Å². The topological polar surface area (TPSA) is 380 Å². The molecule has 72 heavy (non-hydrogen) atoms. The largest absolute Gasteiger partial charge is 0.481 e. The van der Waals surface area contributed by atoms with Crippen molar-refractivity contribution < 1.29 is 59.4 Å². The van der Waals surface area contributed by atoms with Crippen LogP contribution in [0.15, 0.2) is 0 Å². The van der Waals surface area contributed by atoms with Crippen LogP contribution < -0.4 is 34.4 Å². The van der Waals surface area contributed by atoms with Crippen LogP contribution in [0.1, 0.15) is 271 Å². The molecule has 0 radical (unpaired) electrons. The average Bonchev–Trinajstić information content (AvgIpc) is 3.33. The molecule has 0 aromatic heterocycles. The molecule has 0 saturated heterocycles. The summed E-state index contributed by atoms with van der Waals surface area (Å²) >= 11 is 0. The van der Waals surface area contributed by atoms with E-state index >= 15 is 0 Å². The third-order valence-electron chi connectivity index (χ3n) is 11.3. The van der Waals surface area contributed by atoms with Crippen LogP contribution in [0.3, 0.4) is 0 Å². The number of carboxylic acid groups (broad SMARTS) is 6. The van der Waals surface area contributed by atoms with Crippen LogP contribution in [0.25, 0.3) is 0 Å². The SMILES string of the molecule is CCCCCCCCCCCC(=O)O.CCCCCCCCCCCC(=O)O.CCCCCCCCCCCC(=O)O.NCCCC[C@H](N)C(=O)O.NCCCC[C@H](N)C(=O)O.NCCCC[C@H](N)C(=O)O. The van der Waals surface area contributed by atoms with E-state index in [9.17, 15) is 28.8 Å². The van der Waals surface area contributed by atoms with Gasteiger partial charge in [-0.2, -0.15) is 0 Å². The number of hydrogen-bond donors (Lipinski definition) is 12. The molecular formula is C54H114N6O12. The van der Waals surface area contributed by atoms with Gasteiger partial charge in [0.2, 0.25) is 0 Å². The van der Waals surface area contributed by atoms with E-state index in [1.807, 2.05) is 0 Å². The fraction of sp³-hybridized carbons (Fsp3) is 0.889. The summed E-state index contributed by atoms with van der Waals surface area (Å²) in [6, 6.07) is -2.15. The van der Waals surface area contributed by atoms with Crippen molar-refractivity contribution in [2.75, 3.05) is 19.6 Å². The lowest BCUT2D eigenvalue weighted by Gasteiger charge is -2.03. The number of aliphatic carboxylic acids is 6. The monoisotopic (exact) mass is 1040 g/mol. The third-order valence-corrected chi connectivity index (χ3v) is 11.3. The highest BCUT2D eigenvalue weighted by Crippen LogP contribution is 2.12. The van der Waals surface area contributed by atoms with E-state index in [-0.39, 0.29) is 0 Å². The average molecular weight is 1040 g/mol. The van der Waals surface area contributed by atoms with Crippen LogP contribution in [0.5, 0.6) is 0 Å². The molecule has 0 aromatic carbocycles. The standard InChI is InChI=1S/3C12H24O2.3C6H14N2O2/c3*1-2-3-4-5-6-7-8-9-10-11-12(13)14;3*7-4-2-1-3-5(8)6(9)10/h3*2-11H2,1H3,(H,13,14);3*5H,1-4,7-8H2,(H,9,10)/t;;;3*5-/m...000/s1. The van der Waals surface area contributed by atoms with Gasteiger partial charge in [-0.3, -0.25) is 28.8 Å². The molecule has 0 unspecified atom stereocenters. The molecule has 432 valence electrons. The fourth-order valence-corrected chi connectivity index (χ4v) is 6.66. The van der Waals surface area contributed by atoms with Crippen LogP contribution in [0, 0.1) is 0 Å². The van der Waals surface area contributed by atoms with E-state index in [0.29, 0.717) is 58.2 Å². The van der Waals surface area contributed by atoms with Gasteiger partial charge in [-0.1, -0.05) is 194 Å². The van der Waals surface area contributed by atoms with Crippen LogP contribution in [0.2, 0.25) is 0 Å². The highest BCUT2D eigenvalue weighted by atomic mass is 16.4. The van der Waals surface area contributed by atoms with Crippen LogP contribution in [0.4, 0.5) is 0 Å². The molecule has 0 aliphatic heterocycles. The van der Waals surface area contributed by atoms with Crippen LogP contribution in [-0.2, 0) is 28.8 Å². The minimum atomic E-state index is -0.933. The second kappa shape index (κ2) is 69.7. The number of unbranched alkanes of at least 4 members (excludes halogenated alkanes) is 27. The Morgan fingerprint density at radius 3 is 0.583 bits per heavy atom. The Labute approximate surface area is 437 Å². The first kappa shape index (κ1) is 80.0. The van der Waals surface area contributed by atoms with Gasteiger partial charge < -0.3 is 65.0 Å². The minimum absolute atomic E-state index is 0.343. The molecule has 0 aliphatic carbocycles. The van der Waals surface area contributed by atoms with Crippen LogP contribution in [-0.4, -0.2) is 104 Å². The Kier molecular flexibility index (Phi) is 77.4. The van der Waals surface area contributed by atoms with Gasteiger partial charge >= 0.3 is 35.8 Å². The molecular weight excluding hydrogens is 925 g/mol. The summed E-state index contributed by atoms with van der Waals surface area (Å²) in [5.74, 6) is -4.78. The van der Waals surface area contributed by atoms with Crippen molar-refractivity contribution in [3.63, 3.8) is 0 Å². The maximum atomic E-state index is 10.2. The zero-order valence-electron chi connectivity index (χ0n) is 46.0. The van der Waals surface area contributed by atoms with Gasteiger partial charge in [0.05, 0.1) is 0 Å². The van der Waals surface area contributed by atoms with Gasteiger partial charge in [-0.15, -0.1) is 0 Å². The smallest absolute Gasteiger partial charge is 0.320 e. The predicted molar refractivity (Wildman–Crippen MR) is 294 cm³/mol. The molecule has 0 spiro atoms. The molecule has 18 heteroatoms. The van der Waals surface area contributed by atoms with E-state index in [1.54, 1.807) is 0 Å². The molecule has 18 nitrogen and oxygen atoms in total. The molecule has 0 fully saturated rings. The summed E-state index contributed by atoms with van der Waals surface area (Å²) < 4.78 is 0. The van der Waals surface area contributed by atoms with E-state index in [2.05, 4.69) is 20.8 Å². The van der Waals surface area contributed by atoms with E-state index in [0.717, 1.165) is 77.0 Å². The summed E-state index contributed by atoms with van der Waals surface area (Å²) in [6.45, 7) is 8.49. The first-order valence-corrected chi connectivity index (χ1v) is 28.1. The third kappa shape index (κ3) is 89.4. The first-order chi connectivity index (χ1) is 34.4. The van der Waals surface area contributed by atoms with Gasteiger partial charge in [-0.25, -0.2) is 0 Å². The second-order valence-electron chi connectivity index (χ2n) is 18.6. The van der Waals surface area contributed by atoms with Gasteiger partial charge in [0, 0.05) is 19.3 Å². The quantitative estimate of drug-likeness (QED) is 0.0252. The summed E-state index contributed by atoms with van der Waals surface area (Å²) in [6.07, 6.45) is 40.9. The van der Waals surface area contributed by atoms with Crippen LogP contribution >= 0.6 is 0 Å². The van der Waals surface area contributed by atoms with Gasteiger partial charge in [-0.05, 0) is 77.4 Å².